The van der Waals surface area contributed by atoms with Gasteiger partial charge in [-0.3, -0.25) is 9.69 Å². The molecule has 2 atom stereocenters. The number of rotatable bonds is 7. The molecule has 2 unspecified atom stereocenters. The molecule has 17 heavy (non-hydrogen) atoms. The standard InChI is InChI=1S/C13H25NO3/c1-4-14(5-2)12(9-13(15)17-6-3)11-7-8-16-10-11/h11-12H,4-10H2,1-3H3. The molecule has 0 aliphatic carbocycles. The number of esters is 1. The first-order chi connectivity index (χ1) is 8.22. The van der Waals surface area contributed by atoms with Crippen LogP contribution in [0.25, 0.3) is 0 Å². The molecule has 0 spiro atoms. The van der Waals surface area contributed by atoms with Gasteiger partial charge in [-0.05, 0) is 26.4 Å². The van der Waals surface area contributed by atoms with E-state index >= 15 is 0 Å². The molecule has 1 saturated heterocycles. The van der Waals surface area contributed by atoms with Gasteiger partial charge in [-0.1, -0.05) is 13.8 Å². The van der Waals surface area contributed by atoms with Crippen LogP contribution in [0, 0.1) is 5.92 Å². The lowest BCUT2D eigenvalue weighted by molar-refractivity contribution is -0.145. The van der Waals surface area contributed by atoms with Crippen molar-refractivity contribution in [1.82, 2.24) is 4.90 Å². The molecule has 0 radical (unpaired) electrons. The van der Waals surface area contributed by atoms with Crippen LogP contribution in [0.15, 0.2) is 0 Å². The average molecular weight is 243 g/mol. The quantitative estimate of drug-likeness (QED) is 0.638. The van der Waals surface area contributed by atoms with Crippen LogP contribution in [0.5, 0.6) is 0 Å². The van der Waals surface area contributed by atoms with E-state index in [1.807, 2.05) is 6.92 Å². The first-order valence-corrected chi connectivity index (χ1v) is 6.70. The van der Waals surface area contributed by atoms with Crippen molar-refractivity contribution < 1.29 is 14.3 Å². The van der Waals surface area contributed by atoms with Gasteiger partial charge in [-0.2, -0.15) is 0 Å². The van der Waals surface area contributed by atoms with E-state index in [4.69, 9.17) is 9.47 Å². The molecule has 100 valence electrons. The van der Waals surface area contributed by atoms with Crippen LogP contribution < -0.4 is 0 Å². The van der Waals surface area contributed by atoms with Crippen molar-refractivity contribution in [2.75, 3.05) is 32.9 Å². The molecule has 0 bridgehead atoms. The van der Waals surface area contributed by atoms with Gasteiger partial charge in [-0.25, -0.2) is 0 Å². The average Bonchev–Trinajstić information content (AvgIpc) is 2.83. The third-order valence-corrected chi connectivity index (χ3v) is 3.47. The Balaban J connectivity index is 2.60. The summed E-state index contributed by atoms with van der Waals surface area (Å²) in [5, 5.41) is 0. The molecular weight excluding hydrogens is 218 g/mol. The lowest BCUT2D eigenvalue weighted by atomic mass is 9.94. The van der Waals surface area contributed by atoms with Crippen molar-refractivity contribution in [2.24, 2.45) is 5.92 Å². The minimum atomic E-state index is -0.0868. The summed E-state index contributed by atoms with van der Waals surface area (Å²) in [5.74, 6) is 0.385. The predicted octanol–water partition coefficient (Wildman–Crippen LogP) is 1.69. The highest BCUT2D eigenvalue weighted by molar-refractivity contribution is 5.70. The molecule has 1 aliphatic heterocycles. The largest absolute Gasteiger partial charge is 0.466 e. The topological polar surface area (TPSA) is 38.8 Å². The van der Waals surface area contributed by atoms with Gasteiger partial charge in [0, 0.05) is 18.6 Å². The maximum Gasteiger partial charge on any atom is 0.307 e. The van der Waals surface area contributed by atoms with E-state index in [1.165, 1.54) is 0 Å². The van der Waals surface area contributed by atoms with Crippen molar-refractivity contribution in [3.05, 3.63) is 0 Å². The summed E-state index contributed by atoms with van der Waals surface area (Å²) < 4.78 is 10.5. The van der Waals surface area contributed by atoms with Crippen molar-refractivity contribution in [3.8, 4) is 0 Å². The van der Waals surface area contributed by atoms with Crippen LogP contribution in [-0.2, 0) is 14.3 Å². The van der Waals surface area contributed by atoms with Crippen LogP contribution in [0.2, 0.25) is 0 Å². The van der Waals surface area contributed by atoms with Crippen molar-refractivity contribution in [1.29, 1.82) is 0 Å². The molecule has 4 nitrogen and oxygen atoms in total. The summed E-state index contributed by atoms with van der Waals surface area (Å²) in [7, 11) is 0. The fourth-order valence-electron chi connectivity index (χ4n) is 2.53. The Morgan fingerprint density at radius 3 is 2.59 bits per heavy atom. The van der Waals surface area contributed by atoms with Crippen molar-refractivity contribution >= 4 is 5.97 Å². The van der Waals surface area contributed by atoms with E-state index in [-0.39, 0.29) is 12.0 Å². The zero-order chi connectivity index (χ0) is 12.7. The van der Waals surface area contributed by atoms with Gasteiger partial charge < -0.3 is 9.47 Å². The minimum Gasteiger partial charge on any atom is -0.466 e. The molecule has 0 aromatic heterocycles. The highest BCUT2D eigenvalue weighted by Crippen LogP contribution is 2.24. The Morgan fingerprint density at radius 1 is 1.41 bits per heavy atom. The summed E-state index contributed by atoms with van der Waals surface area (Å²) in [5.41, 5.74) is 0. The minimum absolute atomic E-state index is 0.0868. The van der Waals surface area contributed by atoms with Crippen LogP contribution in [0.1, 0.15) is 33.6 Å². The smallest absolute Gasteiger partial charge is 0.307 e. The Labute approximate surface area is 104 Å². The Bertz CT molecular complexity index is 221. The van der Waals surface area contributed by atoms with Gasteiger partial charge in [-0.15, -0.1) is 0 Å². The lowest BCUT2D eigenvalue weighted by Crippen LogP contribution is -2.42. The third-order valence-electron chi connectivity index (χ3n) is 3.47. The van der Waals surface area contributed by atoms with Crippen molar-refractivity contribution in [3.63, 3.8) is 0 Å². The van der Waals surface area contributed by atoms with Gasteiger partial charge in [0.1, 0.15) is 0 Å². The SMILES string of the molecule is CCOC(=O)CC(C1CCOC1)N(CC)CC. The fraction of sp³-hybridized carbons (Fsp3) is 0.923. The Morgan fingerprint density at radius 2 is 2.12 bits per heavy atom. The molecule has 4 heteroatoms. The normalized spacial score (nSPS) is 21.8. The second-order valence-electron chi connectivity index (χ2n) is 4.42. The summed E-state index contributed by atoms with van der Waals surface area (Å²) >= 11 is 0. The molecule has 0 saturated carbocycles. The molecule has 0 N–H and O–H groups in total. The molecule has 0 aromatic rings. The monoisotopic (exact) mass is 243 g/mol. The van der Waals surface area contributed by atoms with Gasteiger partial charge in [0.05, 0.1) is 19.6 Å². The Hall–Kier alpha value is -0.610. The van der Waals surface area contributed by atoms with E-state index in [0.717, 1.165) is 32.7 Å². The summed E-state index contributed by atoms with van der Waals surface area (Å²) in [6, 6.07) is 0.270. The van der Waals surface area contributed by atoms with Crippen LogP contribution in [-0.4, -0.2) is 49.8 Å². The summed E-state index contributed by atoms with van der Waals surface area (Å²) in [4.78, 5) is 14.0. The fourth-order valence-corrected chi connectivity index (χ4v) is 2.53. The maximum atomic E-state index is 11.7. The molecule has 1 fully saturated rings. The number of carbonyl (C=O) groups excluding carboxylic acids is 1. The zero-order valence-electron chi connectivity index (χ0n) is 11.3. The lowest BCUT2D eigenvalue weighted by Gasteiger charge is -2.32. The highest BCUT2D eigenvalue weighted by Gasteiger charge is 2.31. The number of hydrogen-bond donors (Lipinski definition) is 0. The van der Waals surface area contributed by atoms with E-state index in [1.54, 1.807) is 0 Å². The van der Waals surface area contributed by atoms with E-state index in [0.29, 0.717) is 18.9 Å². The first kappa shape index (κ1) is 14.5. The molecule has 1 aliphatic rings. The summed E-state index contributed by atoms with van der Waals surface area (Å²) in [6.07, 6.45) is 1.55. The van der Waals surface area contributed by atoms with Gasteiger partial charge in [0.15, 0.2) is 0 Å². The van der Waals surface area contributed by atoms with Gasteiger partial charge in [0.25, 0.3) is 0 Å². The number of nitrogens with zero attached hydrogens (tertiary/aromatic N) is 1. The van der Waals surface area contributed by atoms with Crippen molar-refractivity contribution in [2.45, 2.75) is 39.7 Å². The Kier molecular flexibility index (Phi) is 6.52. The molecular formula is C13H25NO3. The number of ether oxygens (including phenoxy) is 2. The van der Waals surface area contributed by atoms with Crippen LogP contribution in [0.4, 0.5) is 0 Å². The highest BCUT2D eigenvalue weighted by atomic mass is 16.5. The van der Waals surface area contributed by atoms with Crippen LogP contribution >= 0.6 is 0 Å². The number of hydrogen-bond acceptors (Lipinski definition) is 4. The zero-order valence-corrected chi connectivity index (χ0v) is 11.3. The van der Waals surface area contributed by atoms with Gasteiger partial charge in [0.2, 0.25) is 0 Å². The first-order valence-electron chi connectivity index (χ1n) is 6.70. The third kappa shape index (κ3) is 4.28. The van der Waals surface area contributed by atoms with Crippen LogP contribution in [0.3, 0.4) is 0 Å². The molecule has 1 heterocycles. The second kappa shape index (κ2) is 7.67. The van der Waals surface area contributed by atoms with E-state index < -0.39 is 0 Å². The summed E-state index contributed by atoms with van der Waals surface area (Å²) in [6.45, 7) is 10.1. The molecule has 1 rings (SSSR count). The van der Waals surface area contributed by atoms with E-state index in [2.05, 4.69) is 18.7 Å². The molecule has 0 aromatic carbocycles. The molecule has 0 amide bonds. The number of carbonyl (C=O) groups is 1. The van der Waals surface area contributed by atoms with E-state index in [9.17, 15) is 4.79 Å². The second-order valence-corrected chi connectivity index (χ2v) is 4.42. The maximum absolute atomic E-state index is 11.7. The predicted molar refractivity (Wildman–Crippen MR) is 66.9 cm³/mol. The van der Waals surface area contributed by atoms with Gasteiger partial charge >= 0.3 is 5.97 Å².